The fraction of sp³-hybridized carbons (Fsp3) is 0.600. The van der Waals surface area contributed by atoms with Crippen LogP contribution in [0.5, 0.6) is 0 Å². The van der Waals surface area contributed by atoms with Crippen molar-refractivity contribution in [1.82, 2.24) is 15.5 Å². The molecule has 3 saturated heterocycles. The highest BCUT2D eigenvalue weighted by Gasteiger charge is 2.42. The van der Waals surface area contributed by atoms with Crippen LogP contribution in [0.3, 0.4) is 0 Å². The van der Waals surface area contributed by atoms with Crippen molar-refractivity contribution in [1.29, 1.82) is 0 Å². The zero-order chi connectivity index (χ0) is 17.9. The van der Waals surface area contributed by atoms with Gasteiger partial charge in [0.15, 0.2) is 0 Å². The molecule has 3 aliphatic heterocycles. The number of urea groups is 1. The van der Waals surface area contributed by atoms with Gasteiger partial charge in [0.25, 0.3) is 0 Å². The van der Waals surface area contributed by atoms with Crippen LogP contribution in [0.2, 0.25) is 0 Å². The first-order valence-electron chi connectivity index (χ1n) is 9.75. The topological polar surface area (TPSA) is 61.4 Å². The van der Waals surface area contributed by atoms with Crippen molar-refractivity contribution >= 4 is 23.7 Å². The molecule has 4 atom stereocenters. The maximum Gasteiger partial charge on any atom is 0.315 e. The van der Waals surface area contributed by atoms with Gasteiger partial charge in [0, 0.05) is 24.0 Å². The standard InChI is InChI=1S/C20H27N3O2S/c24-18(23-12-6-9-16(23)14-7-2-1-3-8-14)11-5-4-10-17-19-15(13-26-17)21-20(25)22-19/h1-3,7-8,15-17,19H,4-6,9-13H2,(H2,21,22,25)/t15-,16?,17-,19-/m0/s1. The number of likely N-dealkylation sites (tertiary alicyclic amines) is 1. The molecule has 1 aromatic rings. The van der Waals surface area contributed by atoms with Crippen molar-refractivity contribution in [3.05, 3.63) is 35.9 Å². The molecule has 1 unspecified atom stereocenters. The van der Waals surface area contributed by atoms with Gasteiger partial charge in [-0.1, -0.05) is 36.8 Å². The van der Waals surface area contributed by atoms with Crippen LogP contribution < -0.4 is 10.6 Å². The summed E-state index contributed by atoms with van der Waals surface area (Å²) < 4.78 is 0. The second kappa shape index (κ2) is 7.91. The van der Waals surface area contributed by atoms with Gasteiger partial charge >= 0.3 is 6.03 Å². The molecule has 3 amide bonds. The maximum absolute atomic E-state index is 12.7. The largest absolute Gasteiger partial charge is 0.336 e. The predicted octanol–water partition coefficient (Wildman–Crippen LogP) is 3.08. The smallest absolute Gasteiger partial charge is 0.315 e. The molecule has 3 aliphatic rings. The molecule has 5 nitrogen and oxygen atoms in total. The van der Waals surface area contributed by atoms with Crippen molar-refractivity contribution in [2.45, 2.75) is 61.9 Å². The van der Waals surface area contributed by atoms with E-state index in [4.69, 9.17) is 0 Å². The molecule has 0 aromatic heterocycles. The first-order valence-corrected chi connectivity index (χ1v) is 10.8. The van der Waals surface area contributed by atoms with E-state index in [0.717, 1.165) is 44.4 Å². The summed E-state index contributed by atoms with van der Waals surface area (Å²) in [6.07, 6.45) is 5.87. The highest BCUT2D eigenvalue weighted by atomic mass is 32.2. The van der Waals surface area contributed by atoms with Gasteiger partial charge in [0.05, 0.1) is 18.1 Å². The second-order valence-electron chi connectivity index (χ2n) is 7.52. The van der Waals surface area contributed by atoms with Gasteiger partial charge in [-0.3, -0.25) is 4.79 Å². The summed E-state index contributed by atoms with van der Waals surface area (Å²) in [5, 5.41) is 6.50. The summed E-state index contributed by atoms with van der Waals surface area (Å²) in [6, 6.07) is 11.2. The van der Waals surface area contributed by atoms with Gasteiger partial charge in [0.2, 0.25) is 5.91 Å². The number of fused-ring (bicyclic) bond motifs is 1. The van der Waals surface area contributed by atoms with Crippen LogP contribution in [0.15, 0.2) is 30.3 Å². The first kappa shape index (κ1) is 17.7. The predicted molar refractivity (Wildman–Crippen MR) is 104 cm³/mol. The van der Waals surface area contributed by atoms with Crippen LogP contribution in [-0.4, -0.2) is 46.5 Å². The zero-order valence-corrected chi connectivity index (χ0v) is 15.8. The number of thioether (sulfide) groups is 1. The van der Waals surface area contributed by atoms with Crippen molar-refractivity contribution in [2.24, 2.45) is 0 Å². The maximum atomic E-state index is 12.7. The van der Waals surface area contributed by atoms with E-state index in [0.29, 0.717) is 17.6 Å². The van der Waals surface area contributed by atoms with Crippen LogP contribution in [0.1, 0.15) is 50.1 Å². The third-order valence-corrected chi connectivity index (χ3v) is 7.33. The molecule has 6 heteroatoms. The Labute approximate surface area is 159 Å². The highest BCUT2D eigenvalue weighted by molar-refractivity contribution is 8.00. The molecule has 2 N–H and O–H groups in total. The molecule has 26 heavy (non-hydrogen) atoms. The van der Waals surface area contributed by atoms with E-state index in [1.165, 1.54) is 5.56 Å². The van der Waals surface area contributed by atoms with Crippen LogP contribution in [0.25, 0.3) is 0 Å². The number of unbranched alkanes of at least 4 members (excludes halogenated alkanes) is 1. The highest BCUT2D eigenvalue weighted by Crippen LogP contribution is 2.34. The number of amides is 3. The van der Waals surface area contributed by atoms with Gasteiger partial charge in [-0.15, -0.1) is 0 Å². The Kier molecular flexibility index (Phi) is 5.38. The Morgan fingerprint density at radius 2 is 2.04 bits per heavy atom. The van der Waals surface area contributed by atoms with Crippen LogP contribution in [-0.2, 0) is 4.79 Å². The molecule has 4 rings (SSSR count). The average Bonchev–Trinajstić information content (AvgIpc) is 3.35. The summed E-state index contributed by atoms with van der Waals surface area (Å²) in [6.45, 7) is 0.887. The van der Waals surface area contributed by atoms with Gasteiger partial charge in [-0.2, -0.15) is 11.8 Å². The lowest BCUT2D eigenvalue weighted by atomic mass is 10.0. The molecule has 140 valence electrons. The molecule has 0 radical (unpaired) electrons. The van der Waals surface area contributed by atoms with Crippen molar-refractivity contribution in [3.8, 4) is 0 Å². The first-order chi connectivity index (χ1) is 12.7. The summed E-state index contributed by atoms with van der Waals surface area (Å²) in [5.74, 6) is 1.30. The quantitative estimate of drug-likeness (QED) is 0.595. The number of nitrogens with one attached hydrogen (secondary N) is 2. The molecule has 1 aromatic carbocycles. The van der Waals surface area contributed by atoms with Gasteiger partial charge in [0.1, 0.15) is 0 Å². The summed E-state index contributed by atoms with van der Waals surface area (Å²) in [5.41, 5.74) is 1.26. The average molecular weight is 374 g/mol. The summed E-state index contributed by atoms with van der Waals surface area (Å²) >= 11 is 1.95. The Balaban J connectivity index is 1.22. The third-order valence-electron chi connectivity index (χ3n) is 5.82. The Morgan fingerprint density at radius 1 is 1.19 bits per heavy atom. The van der Waals surface area contributed by atoms with Crippen LogP contribution >= 0.6 is 11.8 Å². The number of hydrogen-bond donors (Lipinski definition) is 2. The molecule has 3 heterocycles. The number of nitrogens with zero attached hydrogens (tertiary/aromatic N) is 1. The summed E-state index contributed by atoms with van der Waals surface area (Å²) in [4.78, 5) is 26.2. The number of benzene rings is 1. The Hall–Kier alpha value is -1.69. The van der Waals surface area contributed by atoms with E-state index in [1.54, 1.807) is 0 Å². The lowest BCUT2D eigenvalue weighted by molar-refractivity contribution is -0.132. The fourth-order valence-electron chi connectivity index (χ4n) is 4.50. The molecule has 0 spiro atoms. The van der Waals surface area contributed by atoms with E-state index >= 15 is 0 Å². The number of hydrogen-bond acceptors (Lipinski definition) is 3. The lowest BCUT2D eigenvalue weighted by Gasteiger charge is -2.25. The normalized spacial score (nSPS) is 30.2. The third kappa shape index (κ3) is 3.70. The Morgan fingerprint density at radius 3 is 2.88 bits per heavy atom. The van der Waals surface area contributed by atoms with Gasteiger partial charge < -0.3 is 15.5 Å². The Bertz CT molecular complexity index is 654. The molecular formula is C20H27N3O2S. The molecule has 3 fully saturated rings. The monoisotopic (exact) mass is 373 g/mol. The van der Waals surface area contributed by atoms with Crippen molar-refractivity contribution < 1.29 is 9.59 Å². The number of rotatable bonds is 6. The van der Waals surface area contributed by atoms with Crippen LogP contribution in [0.4, 0.5) is 4.79 Å². The lowest BCUT2D eigenvalue weighted by Crippen LogP contribution is -2.36. The number of carbonyl (C=O) groups is 2. The van der Waals surface area contributed by atoms with E-state index in [-0.39, 0.29) is 24.2 Å². The minimum atomic E-state index is -0.0264. The van der Waals surface area contributed by atoms with Gasteiger partial charge in [-0.25, -0.2) is 4.79 Å². The van der Waals surface area contributed by atoms with Crippen molar-refractivity contribution in [3.63, 3.8) is 0 Å². The second-order valence-corrected chi connectivity index (χ2v) is 8.80. The minimum Gasteiger partial charge on any atom is -0.336 e. The fourth-order valence-corrected chi connectivity index (χ4v) is 6.04. The van der Waals surface area contributed by atoms with E-state index in [1.807, 2.05) is 17.8 Å². The van der Waals surface area contributed by atoms with E-state index in [2.05, 4.69) is 39.8 Å². The molecule has 0 saturated carbocycles. The summed E-state index contributed by atoms with van der Waals surface area (Å²) in [7, 11) is 0. The number of carbonyl (C=O) groups excluding carboxylic acids is 2. The van der Waals surface area contributed by atoms with E-state index in [9.17, 15) is 9.59 Å². The van der Waals surface area contributed by atoms with Crippen LogP contribution in [0, 0.1) is 0 Å². The molecule has 0 bridgehead atoms. The van der Waals surface area contributed by atoms with E-state index < -0.39 is 0 Å². The zero-order valence-electron chi connectivity index (χ0n) is 15.0. The molecule has 0 aliphatic carbocycles. The van der Waals surface area contributed by atoms with Gasteiger partial charge in [-0.05, 0) is 31.2 Å². The minimum absolute atomic E-state index is 0.0264. The van der Waals surface area contributed by atoms with Crippen molar-refractivity contribution in [2.75, 3.05) is 12.3 Å². The SMILES string of the molecule is O=C1N[C@H]2[C@H](CS[C@H]2CCCCC(=O)N2CCCC2c2ccccc2)N1. The molecular weight excluding hydrogens is 346 g/mol.